The molecule has 0 rings (SSSR count). The van der Waals surface area contributed by atoms with Gasteiger partial charge in [-0.1, -0.05) is 25.5 Å². The van der Waals surface area contributed by atoms with Crippen LogP contribution in [-0.2, 0) is 0 Å². The Bertz CT molecular complexity index is 343. The van der Waals surface area contributed by atoms with Crippen molar-refractivity contribution >= 4 is 6.21 Å². The van der Waals surface area contributed by atoms with Gasteiger partial charge in [-0.2, -0.15) is 18.4 Å². The van der Waals surface area contributed by atoms with Crippen LogP contribution in [-0.4, -0.2) is 12.4 Å². The van der Waals surface area contributed by atoms with Crippen molar-refractivity contribution in [2.24, 2.45) is 4.99 Å². The third-order valence-electron chi connectivity index (χ3n) is 1.64. The number of nitriles is 1. The zero-order valence-corrected chi connectivity index (χ0v) is 9.17. The number of allylic oxidation sites excluding steroid dienone is 4. The van der Waals surface area contributed by atoms with E-state index in [1.165, 1.54) is 25.3 Å². The molecule has 0 aromatic heterocycles. The molecule has 0 unspecified atom stereocenters. The average Bonchev–Trinajstić information content (AvgIpc) is 2.20. The van der Waals surface area contributed by atoms with Gasteiger partial charge in [0, 0.05) is 6.21 Å². The Morgan fingerprint density at radius 2 is 2.06 bits per heavy atom. The second-order valence-corrected chi connectivity index (χ2v) is 2.97. The van der Waals surface area contributed by atoms with E-state index in [9.17, 15) is 13.2 Å². The summed E-state index contributed by atoms with van der Waals surface area (Å²) < 4.78 is 37.6. The summed E-state index contributed by atoms with van der Waals surface area (Å²) >= 11 is 0. The highest BCUT2D eigenvalue weighted by atomic mass is 19.4. The molecule has 0 heterocycles. The van der Waals surface area contributed by atoms with Crippen LogP contribution >= 0.6 is 0 Å². The number of rotatable bonds is 4. The van der Waals surface area contributed by atoms with Gasteiger partial charge in [-0.3, -0.25) is 0 Å². The summed E-state index contributed by atoms with van der Waals surface area (Å²) in [7, 11) is 0. The molecule has 0 aliphatic rings. The van der Waals surface area contributed by atoms with Crippen molar-refractivity contribution in [3.8, 4) is 6.07 Å². The molecule has 0 N–H and O–H groups in total. The van der Waals surface area contributed by atoms with Crippen LogP contribution in [0.3, 0.4) is 0 Å². The van der Waals surface area contributed by atoms with Gasteiger partial charge in [-0.15, -0.1) is 0 Å². The van der Waals surface area contributed by atoms with Crippen LogP contribution < -0.4 is 0 Å². The molecule has 0 amide bonds. The maximum absolute atomic E-state index is 12.5. The number of hydrogen-bond donors (Lipinski definition) is 0. The van der Waals surface area contributed by atoms with E-state index in [0.717, 1.165) is 12.5 Å². The molecule has 5 heteroatoms. The van der Waals surface area contributed by atoms with Gasteiger partial charge in [0.15, 0.2) is 5.70 Å². The summed E-state index contributed by atoms with van der Waals surface area (Å²) in [4.78, 5) is 3.54. The number of alkyl halides is 3. The summed E-state index contributed by atoms with van der Waals surface area (Å²) in [5, 5.41) is 8.63. The summed E-state index contributed by atoms with van der Waals surface area (Å²) in [5.41, 5.74) is -1.61. The molecule has 0 aromatic rings. The first-order chi connectivity index (χ1) is 7.47. The van der Waals surface area contributed by atoms with Crippen LogP contribution in [0.25, 0.3) is 0 Å². The number of unbranched alkanes of at least 4 members (excludes halogenated alkanes) is 1. The fourth-order valence-corrected chi connectivity index (χ4v) is 0.918. The summed E-state index contributed by atoms with van der Waals surface area (Å²) in [6, 6.07) is 1.46. The molecule has 0 aliphatic carbocycles. The lowest BCUT2D eigenvalue weighted by Crippen LogP contribution is -2.12. The van der Waals surface area contributed by atoms with Gasteiger partial charge >= 0.3 is 6.18 Å². The molecule has 0 atom stereocenters. The minimum absolute atomic E-state index is 0.548. The van der Waals surface area contributed by atoms with E-state index in [-0.39, 0.29) is 0 Å². The van der Waals surface area contributed by atoms with Gasteiger partial charge in [0.25, 0.3) is 0 Å². The van der Waals surface area contributed by atoms with Gasteiger partial charge in [0.2, 0.25) is 0 Å². The van der Waals surface area contributed by atoms with Crippen molar-refractivity contribution in [2.45, 2.75) is 32.9 Å². The molecule has 0 radical (unpaired) electrons. The second-order valence-electron chi connectivity index (χ2n) is 2.97. The SMILES string of the molecule is C/C=C/C(=C(/C#N)N=CCCC)C(F)(F)F. The molecule has 0 aromatic carbocycles. The Morgan fingerprint density at radius 3 is 2.44 bits per heavy atom. The number of nitrogens with zero attached hydrogens (tertiary/aromatic N) is 2. The Hall–Kier alpha value is -1.57. The zero-order chi connectivity index (χ0) is 12.6. The predicted octanol–water partition coefficient (Wildman–Crippen LogP) is 3.77. The highest BCUT2D eigenvalue weighted by molar-refractivity contribution is 5.60. The van der Waals surface area contributed by atoms with Crippen LogP contribution in [0.4, 0.5) is 13.2 Å². The minimum atomic E-state index is -4.55. The summed E-state index contributed by atoms with van der Waals surface area (Å²) in [6.07, 6.45) is 0.172. The molecule has 0 saturated heterocycles. The molecule has 0 fully saturated rings. The Balaban J connectivity index is 5.28. The zero-order valence-electron chi connectivity index (χ0n) is 9.17. The van der Waals surface area contributed by atoms with E-state index in [1.807, 2.05) is 6.92 Å². The fourth-order valence-electron chi connectivity index (χ4n) is 0.918. The van der Waals surface area contributed by atoms with E-state index in [2.05, 4.69) is 4.99 Å². The lowest BCUT2D eigenvalue weighted by atomic mass is 10.2. The van der Waals surface area contributed by atoms with Crippen molar-refractivity contribution in [3.05, 3.63) is 23.4 Å². The molecule has 16 heavy (non-hydrogen) atoms. The second kappa shape index (κ2) is 6.83. The largest absolute Gasteiger partial charge is 0.419 e. The van der Waals surface area contributed by atoms with E-state index >= 15 is 0 Å². The van der Waals surface area contributed by atoms with Crippen LogP contribution in [0, 0.1) is 11.3 Å². The predicted molar refractivity (Wildman–Crippen MR) is 56.9 cm³/mol. The smallest absolute Gasteiger partial charge is 0.249 e. The third kappa shape index (κ3) is 4.78. The molecular formula is C11H13F3N2. The number of hydrogen-bond acceptors (Lipinski definition) is 2. The maximum atomic E-state index is 12.5. The molecule has 0 saturated carbocycles. The lowest BCUT2D eigenvalue weighted by molar-refractivity contribution is -0.0887. The molecule has 88 valence electrons. The van der Waals surface area contributed by atoms with E-state index in [1.54, 1.807) is 0 Å². The number of halogens is 3. The molecule has 0 bridgehead atoms. The monoisotopic (exact) mass is 230 g/mol. The maximum Gasteiger partial charge on any atom is 0.419 e. The van der Waals surface area contributed by atoms with Crippen molar-refractivity contribution in [3.63, 3.8) is 0 Å². The van der Waals surface area contributed by atoms with Gasteiger partial charge < -0.3 is 0 Å². The van der Waals surface area contributed by atoms with Gasteiger partial charge in [0.1, 0.15) is 6.07 Å². The molecule has 2 nitrogen and oxygen atoms in total. The average molecular weight is 230 g/mol. The van der Waals surface area contributed by atoms with Crippen LogP contribution in [0.1, 0.15) is 26.7 Å². The Labute approximate surface area is 92.8 Å². The molecular weight excluding hydrogens is 217 g/mol. The van der Waals surface area contributed by atoms with E-state index in [4.69, 9.17) is 5.26 Å². The van der Waals surface area contributed by atoms with Crippen LogP contribution in [0.2, 0.25) is 0 Å². The summed E-state index contributed by atoms with van der Waals surface area (Å²) in [5.74, 6) is 0. The standard InChI is InChI=1S/C11H13F3N2/c1-3-5-7-16-10(8-15)9(6-4-2)11(12,13)14/h4,6-7H,3,5H2,1-2H3/b6-4+,10-9+,16-7?. The summed E-state index contributed by atoms with van der Waals surface area (Å²) in [6.45, 7) is 3.33. The van der Waals surface area contributed by atoms with Gasteiger partial charge in [-0.25, -0.2) is 4.99 Å². The van der Waals surface area contributed by atoms with Gasteiger partial charge in [0.05, 0.1) is 5.57 Å². The van der Waals surface area contributed by atoms with Crippen LogP contribution in [0.5, 0.6) is 0 Å². The highest BCUT2D eigenvalue weighted by Crippen LogP contribution is 2.29. The lowest BCUT2D eigenvalue weighted by Gasteiger charge is -2.07. The van der Waals surface area contributed by atoms with Crippen molar-refractivity contribution in [1.29, 1.82) is 5.26 Å². The number of aliphatic imine (C=N–C) groups is 1. The Kier molecular flexibility index (Phi) is 6.16. The normalized spacial score (nSPS) is 14.2. The Morgan fingerprint density at radius 1 is 1.44 bits per heavy atom. The first kappa shape index (κ1) is 14.4. The highest BCUT2D eigenvalue weighted by Gasteiger charge is 2.34. The fraction of sp³-hybridized carbons (Fsp3) is 0.455. The van der Waals surface area contributed by atoms with Gasteiger partial charge in [-0.05, 0) is 13.3 Å². The van der Waals surface area contributed by atoms with Crippen molar-refractivity contribution in [2.75, 3.05) is 0 Å². The minimum Gasteiger partial charge on any atom is -0.249 e. The quantitative estimate of drug-likeness (QED) is 0.411. The molecule has 0 aliphatic heterocycles. The molecule has 0 spiro atoms. The van der Waals surface area contributed by atoms with E-state index in [0.29, 0.717) is 6.42 Å². The first-order valence-electron chi connectivity index (χ1n) is 4.84. The third-order valence-corrected chi connectivity index (χ3v) is 1.64. The first-order valence-corrected chi connectivity index (χ1v) is 4.84. The van der Waals surface area contributed by atoms with E-state index < -0.39 is 17.4 Å². The van der Waals surface area contributed by atoms with Crippen molar-refractivity contribution < 1.29 is 13.2 Å². The topological polar surface area (TPSA) is 36.1 Å². The van der Waals surface area contributed by atoms with Crippen molar-refractivity contribution in [1.82, 2.24) is 0 Å². The van der Waals surface area contributed by atoms with Crippen LogP contribution in [0.15, 0.2) is 28.4 Å².